The van der Waals surface area contributed by atoms with Crippen LogP contribution in [0.3, 0.4) is 0 Å². The Hall–Kier alpha value is -0.910. The fourth-order valence-electron chi connectivity index (χ4n) is 1.29. The van der Waals surface area contributed by atoms with Crippen LogP contribution in [0.1, 0.15) is 12.0 Å². The molecule has 5 heteroatoms. The number of anilines is 1. The van der Waals surface area contributed by atoms with Crippen LogP contribution in [-0.2, 0) is 21.5 Å². The van der Waals surface area contributed by atoms with E-state index in [9.17, 15) is 4.21 Å². The summed E-state index contributed by atoms with van der Waals surface area (Å²) in [6.07, 6.45) is 0.860. The first kappa shape index (κ1) is 13.2. The Kier molecular flexibility index (Phi) is 6.07. The first-order valence-electron chi connectivity index (χ1n) is 5.17. The first-order chi connectivity index (χ1) is 7.72. The Morgan fingerprint density at radius 1 is 1.50 bits per heavy atom. The van der Waals surface area contributed by atoms with Gasteiger partial charge in [0, 0.05) is 25.9 Å². The molecule has 0 aliphatic rings. The molecule has 0 aliphatic carbocycles. The van der Waals surface area contributed by atoms with Crippen molar-refractivity contribution in [2.24, 2.45) is 0 Å². The average molecular weight is 242 g/mol. The van der Waals surface area contributed by atoms with Gasteiger partial charge in [-0.25, -0.2) is 8.93 Å². The third-order valence-electron chi connectivity index (χ3n) is 2.04. The van der Waals surface area contributed by atoms with Crippen molar-refractivity contribution in [3.63, 3.8) is 0 Å². The third-order valence-corrected chi connectivity index (χ3v) is 3.16. The molecule has 1 atom stereocenters. The summed E-state index contributed by atoms with van der Waals surface area (Å²) < 4.78 is 19.4. The molecule has 0 bridgehead atoms. The van der Waals surface area contributed by atoms with E-state index < -0.39 is 11.0 Å². The quantitative estimate of drug-likeness (QED) is 0.555. The lowest BCUT2D eigenvalue weighted by Crippen LogP contribution is -2.20. The van der Waals surface area contributed by atoms with Gasteiger partial charge >= 0.3 is 0 Å². The fourth-order valence-corrected chi connectivity index (χ4v) is 2.24. The number of nitrogen functional groups attached to an aromatic ring is 1. The first-order valence-corrected chi connectivity index (χ1v) is 6.49. The maximum atomic E-state index is 11.6. The molecule has 0 aromatic heterocycles. The van der Waals surface area contributed by atoms with Crippen LogP contribution >= 0.6 is 0 Å². The molecule has 1 unspecified atom stereocenters. The number of benzene rings is 1. The van der Waals surface area contributed by atoms with E-state index in [4.69, 9.17) is 10.5 Å². The maximum absolute atomic E-state index is 11.6. The number of ether oxygens (including phenoxy) is 1. The Balaban J connectivity index is 2.29. The third kappa shape index (κ3) is 5.25. The topological polar surface area (TPSA) is 64.3 Å². The largest absolute Gasteiger partial charge is 0.399 e. The molecule has 0 aliphatic heterocycles. The van der Waals surface area contributed by atoms with Crippen molar-refractivity contribution in [3.05, 3.63) is 29.8 Å². The van der Waals surface area contributed by atoms with Crippen LogP contribution in [0.2, 0.25) is 0 Å². The van der Waals surface area contributed by atoms with Gasteiger partial charge in [-0.05, 0) is 24.1 Å². The molecule has 0 saturated heterocycles. The van der Waals surface area contributed by atoms with Gasteiger partial charge in [0.1, 0.15) is 0 Å². The molecule has 90 valence electrons. The maximum Gasteiger partial charge on any atom is 0.0960 e. The van der Waals surface area contributed by atoms with Gasteiger partial charge in [0.05, 0.1) is 16.7 Å². The molecule has 0 saturated carbocycles. The van der Waals surface area contributed by atoms with Crippen LogP contribution in [0, 0.1) is 0 Å². The zero-order valence-electron chi connectivity index (χ0n) is 9.44. The lowest BCUT2D eigenvalue weighted by atomic mass is 10.2. The molecular weight excluding hydrogens is 224 g/mol. The Bertz CT molecular complexity index is 345. The molecule has 0 spiro atoms. The highest BCUT2D eigenvalue weighted by Crippen LogP contribution is 2.07. The number of nitrogens with two attached hydrogens (primary N) is 1. The van der Waals surface area contributed by atoms with Gasteiger partial charge in [-0.1, -0.05) is 12.1 Å². The highest BCUT2D eigenvalue weighted by Gasteiger charge is 2.01. The Labute approximate surface area is 98.8 Å². The van der Waals surface area contributed by atoms with Crippen molar-refractivity contribution in [1.82, 2.24) is 4.72 Å². The van der Waals surface area contributed by atoms with Crippen LogP contribution < -0.4 is 10.5 Å². The molecular formula is C11H18N2O2S. The van der Waals surface area contributed by atoms with Gasteiger partial charge < -0.3 is 10.5 Å². The summed E-state index contributed by atoms with van der Waals surface area (Å²) >= 11 is 0. The van der Waals surface area contributed by atoms with E-state index in [1.165, 1.54) is 0 Å². The zero-order valence-corrected chi connectivity index (χ0v) is 10.3. The van der Waals surface area contributed by atoms with E-state index in [0.29, 0.717) is 24.6 Å². The number of nitrogens with one attached hydrogen (secondary N) is 1. The van der Waals surface area contributed by atoms with E-state index in [2.05, 4.69) is 4.72 Å². The number of methoxy groups -OCH3 is 1. The fraction of sp³-hybridized carbons (Fsp3) is 0.455. The second-order valence-corrected chi connectivity index (χ2v) is 4.74. The summed E-state index contributed by atoms with van der Waals surface area (Å²) in [4.78, 5) is 0. The Morgan fingerprint density at radius 3 is 3.00 bits per heavy atom. The van der Waals surface area contributed by atoms with Gasteiger partial charge in [-0.3, -0.25) is 0 Å². The van der Waals surface area contributed by atoms with Crippen molar-refractivity contribution in [3.8, 4) is 0 Å². The summed E-state index contributed by atoms with van der Waals surface area (Å²) in [5.41, 5.74) is 7.32. The standard InChI is InChI=1S/C11H18N2O2S/c1-15-7-3-6-13-16(14)9-10-4-2-5-11(12)8-10/h2,4-5,8,13H,3,6-7,9,12H2,1H3. The van der Waals surface area contributed by atoms with Gasteiger partial charge in [0.15, 0.2) is 0 Å². The molecule has 4 nitrogen and oxygen atoms in total. The average Bonchev–Trinajstić information content (AvgIpc) is 2.24. The molecule has 3 N–H and O–H groups in total. The van der Waals surface area contributed by atoms with E-state index in [1.807, 2.05) is 24.3 Å². The lowest BCUT2D eigenvalue weighted by molar-refractivity contribution is 0.196. The van der Waals surface area contributed by atoms with Crippen molar-refractivity contribution >= 4 is 16.7 Å². The Morgan fingerprint density at radius 2 is 2.31 bits per heavy atom. The van der Waals surface area contributed by atoms with Crippen LogP contribution in [0.5, 0.6) is 0 Å². The second kappa shape index (κ2) is 7.38. The number of rotatable bonds is 7. The van der Waals surface area contributed by atoms with Crippen LogP contribution in [0.25, 0.3) is 0 Å². The van der Waals surface area contributed by atoms with Crippen molar-refractivity contribution in [1.29, 1.82) is 0 Å². The van der Waals surface area contributed by atoms with Crippen molar-refractivity contribution in [2.45, 2.75) is 12.2 Å². The van der Waals surface area contributed by atoms with E-state index in [0.717, 1.165) is 12.0 Å². The molecule has 16 heavy (non-hydrogen) atoms. The smallest absolute Gasteiger partial charge is 0.0960 e. The molecule has 1 aromatic rings. The molecule has 0 radical (unpaired) electrons. The summed E-state index contributed by atoms with van der Waals surface area (Å²) in [6.45, 7) is 1.38. The predicted molar refractivity (Wildman–Crippen MR) is 67.2 cm³/mol. The molecule has 1 rings (SSSR count). The zero-order chi connectivity index (χ0) is 11.8. The van der Waals surface area contributed by atoms with Crippen LogP contribution in [-0.4, -0.2) is 24.5 Å². The van der Waals surface area contributed by atoms with Gasteiger partial charge in [-0.2, -0.15) is 0 Å². The number of hydrogen-bond acceptors (Lipinski definition) is 3. The molecule has 0 amide bonds. The predicted octanol–water partition coefficient (Wildman–Crippen LogP) is 1.06. The minimum atomic E-state index is -1.04. The van der Waals surface area contributed by atoms with Crippen molar-refractivity contribution < 1.29 is 8.95 Å². The molecule has 1 aromatic carbocycles. The van der Waals surface area contributed by atoms with E-state index in [-0.39, 0.29) is 0 Å². The molecule has 0 fully saturated rings. The monoisotopic (exact) mass is 242 g/mol. The minimum Gasteiger partial charge on any atom is -0.399 e. The summed E-state index contributed by atoms with van der Waals surface area (Å²) in [5, 5.41) is 0. The van der Waals surface area contributed by atoms with Gasteiger partial charge in [0.2, 0.25) is 0 Å². The van der Waals surface area contributed by atoms with E-state index >= 15 is 0 Å². The summed E-state index contributed by atoms with van der Waals surface area (Å²) in [7, 11) is 0.613. The van der Waals surface area contributed by atoms with Gasteiger partial charge in [-0.15, -0.1) is 0 Å². The molecule has 0 heterocycles. The summed E-state index contributed by atoms with van der Waals surface area (Å²) in [6, 6.07) is 7.45. The van der Waals surface area contributed by atoms with Crippen molar-refractivity contribution in [2.75, 3.05) is 26.0 Å². The van der Waals surface area contributed by atoms with Crippen LogP contribution in [0.4, 0.5) is 5.69 Å². The second-order valence-electron chi connectivity index (χ2n) is 3.48. The lowest BCUT2D eigenvalue weighted by Gasteiger charge is -2.05. The van der Waals surface area contributed by atoms with Crippen LogP contribution in [0.15, 0.2) is 24.3 Å². The SMILES string of the molecule is COCCCNS(=O)Cc1cccc(N)c1. The highest BCUT2D eigenvalue weighted by molar-refractivity contribution is 7.82. The van der Waals surface area contributed by atoms with E-state index in [1.54, 1.807) is 7.11 Å². The highest BCUT2D eigenvalue weighted by atomic mass is 32.2. The number of hydrogen-bond donors (Lipinski definition) is 2. The normalized spacial score (nSPS) is 12.6. The summed E-state index contributed by atoms with van der Waals surface area (Å²) in [5.74, 6) is 0.484. The minimum absolute atomic E-state index is 0.484. The van der Waals surface area contributed by atoms with Gasteiger partial charge in [0.25, 0.3) is 0 Å².